The molecule has 2 unspecified atom stereocenters. The zero-order valence-corrected chi connectivity index (χ0v) is 14.8. The maximum atomic E-state index is 11.9. The molecule has 0 aliphatic heterocycles. The third kappa shape index (κ3) is 5.61. The Labute approximate surface area is 152 Å². The fraction of sp³-hybridized carbons (Fsp3) is 0.235. The summed E-state index contributed by atoms with van der Waals surface area (Å²) in [5.74, 6) is -1.64. The first kappa shape index (κ1) is 20.0. The molecular weight excluding hydrogens is 360 g/mol. The first-order valence-corrected chi connectivity index (χ1v) is 8.82. The van der Waals surface area contributed by atoms with Gasteiger partial charge in [0, 0.05) is 12.0 Å². The van der Waals surface area contributed by atoms with Gasteiger partial charge in [-0.05, 0) is 31.2 Å². The Hall–Kier alpha value is -2.30. The van der Waals surface area contributed by atoms with Gasteiger partial charge in [0.1, 0.15) is 29.2 Å². The summed E-state index contributed by atoms with van der Waals surface area (Å²) in [6.45, 7) is 1.11. The third-order valence-electron chi connectivity index (χ3n) is 3.30. The molecule has 0 fully saturated rings. The molecule has 2 rings (SSSR count). The number of hydrogen-bond acceptors (Lipinski definition) is 7. The lowest BCUT2D eigenvalue weighted by molar-refractivity contribution is -0.162. The summed E-state index contributed by atoms with van der Waals surface area (Å²) in [7, 11) is -1.97. The van der Waals surface area contributed by atoms with Crippen LogP contribution in [-0.2, 0) is 11.0 Å². The van der Waals surface area contributed by atoms with Gasteiger partial charge >= 0.3 is 0 Å². The van der Waals surface area contributed by atoms with Crippen molar-refractivity contribution in [2.75, 3.05) is 5.32 Å². The zero-order valence-electron chi connectivity index (χ0n) is 14.0. The van der Waals surface area contributed by atoms with Crippen molar-refractivity contribution >= 4 is 23.0 Å². The van der Waals surface area contributed by atoms with Crippen LogP contribution in [0, 0.1) is 0 Å². The van der Waals surface area contributed by atoms with Gasteiger partial charge in [-0.15, -0.1) is 0 Å². The van der Waals surface area contributed by atoms with Gasteiger partial charge in [-0.25, -0.2) is 9.35 Å². The SMILES string of the molecule is CC(O)(O)CC(O)Nc1cc(C=O)cc(S(N)=O)c1Oc1ccccc1. The minimum absolute atomic E-state index is 0.0453. The Morgan fingerprint density at radius 3 is 2.50 bits per heavy atom. The molecular formula is C17H20N2O6S. The summed E-state index contributed by atoms with van der Waals surface area (Å²) >= 11 is 0. The molecule has 2 aromatic carbocycles. The fourth-order valence-corrected chi connectivity index (χ4v) is 2.84. The predicted molar refractivity (Wildman–Crippen MR) is 96.0 cm³/mol. The van der Waals surface area contributed by atoms with Crippen molar-refractivity contribution < 1.29 is 29.1 Å². The van der Waals surface area contributed by atoms with Crippen LogP contribution in [0.4, 0.5) is 5.69 Å². The molecule has 2 aromatic rings. The lowest BCUT2D eigenvalue weighted by Crippen LogP contribution is -2.33. The molecule has 0 heterocycles. The highest BCUT2D eigenvalue weighted by Gasteiger charge is 2.23. The number of nitrogens with two attached hydrogens (primary N) is 1. The average Bonchev–Trinajstić information content (AvgIpc) is 2.55. The topological polar surface area (TPSA) is 142 Å². The number of nitrogens with one attached hydrogen (secondary N) is 1. The van der Waals surface area contributed by atoms with Crippen LogP contribution in [0.25, 0.3) is 0 Å². The third-order valence-corrected chi connectivity index (χ3v) is 4.03. The summed E-state index contributed by atoms with van der Waals surface area (Å²) < 4.78 is 17.7. The summed E-state index contributed by atoms with van der Waals surface area (Å²) in [6, 6.07) is 11.3. The van der Waals surface area contributed by atoms with E-state index < -0.39 is 29.4 Å². The van der Waals surface area contributed by atoms with E-state index in [9.17, 15) is 24.3 Å². The lowest BCUT2D eigenvalue weighted by atomic mass is 10.1. The maximum absolute atomic E-state index is 11.9. The number of ether oxygens (including phenoxy) is 1. The van der Waals surface area contributed by atoms with Gasteiger partial charge in [-0.3, -0.25) is 4.79 Å². The van der Waals surface area contributed by atoms with E-state index in [1.165, 1.54) is 12.1 Å². The summed E-state index contributed by atoms with van der Waals surface area (Å²) in [6.07, 6.45) is -1.28. The van der Waals surface area contributed by atoms with Crippen molar-refractivity contribution in [3.8, 4) is 11.5 Å². The zero-order chi connectivity index (χ0) is 19.3. The molecule has 6 N–H and O–H groups in total. The second kappa shape index (κ2) is 8.39. The molecule has 140 valence electrons. The summed E-state index contributed by atoms with van der Waals surface area (Å²) in [5, 5.41) is 37.0. The number of aldehydes is 1. The van der Waals surface area contributed by atoms with E-state index in [1.54, 1.807) is 30.3 Å². The second-order valence-electron chi connectivity index (χ2n) is 5.81. The molecule has 9 heteroatoms. The molecule has 0 saturated carbocycles. The van der Waals surface area contributed by atoms with E-state index in [0.717, 1.165) is 6.92 Å². The average molecular weight is 380 g/mol. The summed E-state index contributed by atoms with van der Waals surface area (Å²) in [5.41, 5.74) is 0.286. The predicted octanol–water partition coefficient (Wildman–Crippen LogP) is 1.09. The number of carbonyl (C=O) groups excluding carboxylic acids is 1. The Bertz CT molecular complexity index is 792. The van der Waals surface area contributed by atoms with Crippen LogP contribution in [0.3, 0.4) is 0 Å². The molecule has 0 saturated heterocycles. The monoisotopic (exact) mass is 380 g/mol. The van der Waals surface area contributed by atoms with Gasteiger partial charge in [0.25, 0.3) is 0 Å². The molecule has 0 aromatic heterocycles. The van der Waals surface area contributed by atoms with Gasteiger partial charge in [0.15, 0.2) is 11.5 Å². The van der Waals surface area contributed by atoms with Crippen LogP contribution in [0.15, 0.2) is 47.4 Å². The van der Waals surface area contributed by atoms with E-state index in [0.29, 0.717) is 12.0 Å². The fourth-order valence-electron chi connectivity index (χ4n) is 2.26. The first-order chi connectivity index (χ1) is 12.2. The normalized spacial score (nSPS) is 13.7. The highest BCUT2D eigenvalue weighted by atomic mass is 32.2. The highest BCUT2D eigenvalue weighted by Crippen LogP contribution is 2.36. The molecule has 0 bridgehead atoms. The number of anilines is 1. The van der Waals surface area contributed by atoms with Crippen LogP contribution in [0.5, 0.6) is 11.5 Å². The number of aliphatic hydroxyl groups is 3. The Balaban J connectivity index is 2.47. The number of benzene rings is 2. The Morgan fingerprint density at radius 2 is 1.96 bits per heavy atom. The van der Waals surface area contributed by atoms with Crippen LogP contribution in [0.2, 0.25) is 0 Å². The number of rotatable bonds is 8. The molecule has 2 atom stereocenters. The van der Waals surface area contributed by atoms with E-state index in [-0.39, 0.29) is 21.9 Å². The van der Waals surface area contributed by atoms with Crippen molar-refractivity contribution in [1.82, 2.24) is 0 Å². The van der Waals surface area contributed by atoms with Crippen molar-refractivity contribution in [2.45, 2.75) is 30.3 Å². The van der Waals surface area contributed by atoms with Crippen LogP contribution in [-0.4, -0.2) is 37.8 Å². The number of carbonyl (C=O) groups is 1. The van der Waals surface area contributed by atoms with E-state index in [4.69, 9.17) is 9.88 Å². The van der Waals surface area contributed by atoms with E-state index in [1.807, 2.05) is 0 Å². The standard InChI is InChI=1S/C17H20N2O6S/c1-17(22,23)9-15(21)19-13-7-11(10-20)8-14(26(18)24)16(13)25-12-5-3-2-4-6-12/h2-8,10,15,19,21-23H,9,18H2,1H3. The molecule has 0 aliphatic rings. The van der Waals surface area contributed by atoms with Crippen molar-refractivity contribution in [1.29, 1.82) is 0 Å². The molecule has 0 aliphatic carbocycles. The first-order valence-electron chi connectivity index (χ1n) is 7.61. The molecule has 0 amide bonds. The van der Waals surface area contributed by atoms with E-state index >= 15 is 0 Å². The highest BCUT2D eigenvalue weighted by molar-refractivity contribution is 7.82. The Kier molecular flexibility index (Phi) is 6.46. The van der Waals surface area contributed by atoms with Crippen molar-refractivity contribution in [3.63, 3.8) is 0 Å². The van der Waals surface area contributed by atoms with Crippen molar-refractivity contribution in [3.05, 3.63) is 48.0 Å². The molecule has 26 heavy (non-hydrogen) atoms. The van der Waals surface area contributed by atoms with Gasteiger partial charge in [0.2, 0.25) is 0 Å². The summed E-state index contributed by atoms with van der Waals surface area (Å²) in [4.78, 5) is 11.2. The molecule has 0 spiro atoms. The minimum atomic E-state index is -2.12. The molecule has 8 nitrogen and oxygen atoms in total. The van der Waals surface area contributed by atoms with Crippen LogP contribution in [0.1, 0.15) is 23.7 Å². The van der Waals surface area contributed by atoms with Crippen LogP contribution < -0.4 is 15.2 Å². The number of hydrogen-bond donors (Lipinski definition) is 5. The van der Waals surface area contributed by atoms with Gasteiger partial charge in [-0.2, -0.15) is 0 Å². The smallest absolute Gasteiger partial charge is 0.168 e. The quantitative estimate of drug-likeness (QED) is 0.341. The maximum Gasteiger partial charge on any atom is 0.168 e. The number of para-hydroxylation sites is 1. The largest absolute Gasteiger partial charge is 0.454 e. The van der Waals surface area contributed by atoms with E-state index in [2.05, 4.69) is 5.32 Å². The minimum Gasteiger partial charge on any atom is -0.454 e. The van der Waals surface area contributed by atoms with Gasteiger partial charge in [0.05, 0.1) is 10.6 Å². The lowest BCUT2D eigenvalue weighted by Gasteiger charge is -2.23. The van der Waals surface area contributed by atoms with Crippen molar-refractivity contribution in [2.24, 2.45) is 5.14 Å². The Morgan fingerprint density at radius 1 is 1.31 bits per heavy atom. The molecule has 0 radical (unpaired) electrons. The van der Waals surface area contributed by atoms with Crippen LogP contribution >= 0.6 is 0 Å². The second-order valence-corrected chi connectivity index (χ2v) is 6.84. The number of aliphatic hydroxyl groups excluding tert-OH is 1. The van der Waals surface area contributed by atoms with Gasteiger partial charge in [-0.1, -0.05) is 18.2 Å². The van der Waals surface area contributed by atoms with Gasteiger partial charge < -0.3 is 25.4 Å².